The van der Waals surface area contributed by atoms with E-state index in [4.69, 9.17) is 15.0 Å². The normalized spacial score (nSPS) is 12.0. The molecule has 0 saturated carbocycles. The van der Waals surface area contributed by atoms with E-state index in [0.29, 0.717) is 18.3 Å². The molecule has 0 aliphatic rings. The third kappa shape index (κ3) is 2.52. The molecule has 0 amide bonds. The number of nitrogens with two attached hydrogens (primary N) is 1. The molecule has 0 aliphatic heterocycles. The second-order valence-corrected chi connectivity index (χ2v) is 3.62. The molecule has 0 saturated heterocycles. The van der Waals surface area contributed by atoms with Gasteiger partial charge in [0.05, 0.1) is 0 Å². The van der Waals surface area contributed by atoms with Crippen LogP contribution >= 0.6 is 0 Å². The summed E-state index contributed by atoms with van der Waals surface area (Å²) in [5, 5.41) is 3.85. The Morgan fingerprint density at radius 2 is 2.21 bits per heavy atom. The number of rotatable bonds is 5. The van der Waals surface area contributed by atoms with E-state index in [0.717, 1.165) is 12.8 Å². The van der Waals surface area contributed by atoms with Gasteiger partial charge in [-0.2, -0.15) is 4.98 Å². The van der Waals surface area contributed by atoms with Gasteiger partial charge in [-0.25, -0.2) is 0 Å². The number of aryl methyl sites for hydroxylation is 1. The van der Waals surface area contributed by atoms with Gasteiger partial charge in [0.25, 0.3) is 5.89 Å². The quantitative estimate of drug-likeness (QED) is 0.760. The summed E-state index contributed by atoms with van der Waals surface area (Å²) >= 11 is 0. The van der Waals surface area contributed by atoms with Crippen molar-refractivity contribution in [1.82, 2.24) is 10.1 Å². The fourth-order valence-electron chi connectivity index (χ4n) is 0.948. The van der Waals surface area contributed by atoms with Crippen molar-refractivity contribution in [1.29, 1.82) is 0 Å². The minimum atomic E-state index is -0.520. The third-order valence-corrected chi connectivity index (χ3v) is 2.10. The summed E-state index contributed by atoms with van der Waals surface area (Å²) in [4.78, 5) is 4.23. The minimum Gasteiger partial charge on any atom is -0.369 e. The molecule has 0 unspecified atom stereocenters. The second-order valence-electron chi connectivity index (χ2n) is 3.62. The Hall–Kier alpha value is -0.940. The standard InChI is InChI=1S/C9H17N3O2/c1-9(2,13-3)8-11-7(12-14-8)5-4-6-10/h4-6,10H2,1-3H3. The minimum absolute atomic E-state index is 0.507. The van der Waals surface area contributed by atoms with Crippen LogP contribution in [0.2, 0.25) is 0 Å². The van der Waals surface area contributed by atoms with Crippen molar-refractivity contribution in [3.63, 3.8) is 0 Å². The maximum Gasteiger partial charge on any atom is 0.258 e. The van der Waals surface area contributed by atoms with E-state index in [1.165, 1.54) is 0 Å². The van der Waals surface area contributed by atoms with Crippen molar-refractivity contribution in [2.75, 3.05) is 13.7 Å². The van der Waals surface area contributed by atoms with Gasteiger partial charge in [0.15, 0.2) is 5.82 Å². The Labute approximate surface area is 83.6 Å². The van der Waals surface area contributed by atoms with Crippen LogP contribution in [0.1, 0.15) is 32.0 Å². The van der Waals surface area contributed by atoms with Crippen LogP contribution in [0.4, 0.5) is 0 Å². The zero-order chi connectivity index (χ0) is 10.6. The highest BCUT2D eigenvalue weighted by atomic mass is 16.5. The molecule has 0 radical (unpaired) electrons. The van der Waals surface area contributed by atoms with Crippen LogP contribution < -0.4 is 5.73 Å². The van der Waals surface area contributed by atoms with Crippen molar-refractivity contribution in [3.8, 4) is 0 Å². The molecule has 2 N–H and O–H groups in total. The van der Waals surface area contributed by atoms with Gasteiger partial charge in [-0.05, 0) is 26.8 Å². The molecule has 5 heteroatoms. The number of methoxy groups -OCH3 is 1. The van der Waals surface area contributed by atoms with Gasteiger partial charge in [-0.1, -0.05) is 5.16 Å². The second kappa shape index (κ2) is 4.52. The molecule has 0 aliphatic carbocycles. The van der Waals surface area contributed by atoms with Crippen LogP contribution in [-0.4, -0.2) is 23.8 Å². The van der Waals surface area contributed by atoms with Gasteiger partial charge in [-0.15, -0.1) is 0 Å². The van der Waals surface area contributed by atoms with Crippen molar-refractivity contribution >= 4 is 0 Å². The lowest BCUT2D eigenvalue weighted by Crippen LogP contribution is -2.19. The zero-order valence-corrected chi connectivity index (χ0v) is 8.91. The highest BCUT2D eigenvalue weighted by molar-refractivity contribution is 4.95. The highest BCUT2D eigenvalue weighted by Crippen LogP contribution is 2.21. The van der Waals surface area contributed by atoms with Gasteiger partial charge in [0.1, 0.15) is 5.60 Å². The maximum absolute atomic E-state index is 5.38. The van der Waals surface area contributed by atoms with E-state index in [1.807, 2.05) is 13.8 Å². The predicted molar refractivity (Wildman–Crippen MR) is 51.7 cm³/mol. The highest BCUT2D eigenvalue weighted by Gasteiger charge is 2.26. The molecular weight excluding hydrogens is 182 g/mol. The number of hydrogen-bond donors (Lipinski definition) is 1. The van der Waals surface area contributed by atoms with Gasteiger partial charge in [-0.3, -0.25) is 0 Å². The van der Waals surface area contributed by atoms with E-state index in [-0.39, 0.29) is 0 Å². The first-order valence-corrected chi connectivity index (χ1v) is 4.68. The van der Waals surface area contributed by atoms with E-state index in [1.54, 1.807) is 7.11 Å². The summed E-state index contributed by atoms with van der Waals surface area (Å²) in [6, 6.07) is 0. The summed E-state index contributed by atoms with van der Waals surface area (Å²) in [6.07, 6.45) is 1.62. The topological polar surface area (TPSA) is 74.2 Å². The molecule has 80 valence electrons. The van der Waals surface area contributed by atoms with Crippen LogP contribution in [0, 0.1) is 0 Å². The van der Waals surface area contributed by atoms with Crippen LogP contribution in [0.15, 0.2) is 4.52 Å². The lowest BCUT2D eigenvalue weighted by atomic mass is 10.1. The first kappa shape index (κ1) is 11.1. The summed E-state index contributed by atoms with van der Waals surface area (Å²) in [5.74, 6) is 1.20. The Kier molecular flexibility index (Phi) is 3.60. The predicted octanol–water partition coefficient (Wildman–Crippen LogP) is 0.842. The zero-order valence-electron chi connectivity index (χ0n) is 8.91. The molecule has 0 atom stereocenters. The van der Waals surface area contributed by atoms with Crippen LogP contribution in [-0.2, 0) is 16.8 Å². The van der Waals surface area contributed by atoms with Crippen molar-refractivity contribution < 1.29 is 9.26 Å². The summed E-state index contributed by atoms with van der Waals surface area (Å²) in [7, 11) is 1.61. The Balaban J connectivity index is 2.67. The first-order chi connectivity index (χ1) is 6.60. The monoisotopic (exact) mass is 199 g/mol. The summed E-state index contributed by atoms with van der Waals surface area (Å²) in [5.41, 5.74) is 4.86. The number of aromatic nitrogens is 2. The Morgan fingerprint density at radius 3 is 2.79 bits per heavy atom. The van der Waals surface area contributed by atoms with Gasteiger partial charge in [0.2, 0.25) is 0 Å². The van der Waals surface area contributed by atoms with E-state index >= 15 is 0 Å². The van der Waals surface area contributed by atoms with Gasteiger partial charge < -0.3 is 15.0 Å². The lowest BCUT2D eigenvalue weighted by Gasteiger charge is -2.16. The van der Waals surface area contributed by atoms with E-state index in [9.17, 15) is 0 Å². The average molecular weight is 199 g/mol. The van der Waals surface area contributed by atoms with Crippen molar-refractivity contribution in [2.45, 2.75) is 32.3 Å². The number of ether oxygens (including phenoxy) is 1. The molecular formula is C9H17N3O2. The molecule has 1 aromatic rings. The van der Waals surface area contributed by atoms with Crippen LogP contribution in [0.3, 0.4) is 0 Å². The SMILES string of the molecule is COC(C)(C)c1nc(CCCN)no1. The largest absolute Gasteiger partial charge is 0.369 e. The summed E-state index contributed by atoms with van der Waals surface area (Å²) in [6.45, 7) is 4.40. The summed E-state index contributed by atoms with van der Waals surface area (Å²) < 4.78 is 10.3. The Bertz CT molecular complexity index is 283. The molecule has 0 fully saturated rings. The van der Waals surface area contributed by atoms with Gasteiger partial charge >= 0.3 is 0 Å². The molecule has 14 heavy (non-hydrogen) atoms. The fraction of sp³-hybridized carbons (Fsp3) is 0.778. The van der Waals surface area contributed by atoms with Crippen molar-refractivity contribution in [2.24, 2.45) is 5.73 Å². The lowest BCUT2D eigenvalue weighted by molar-refractivity contribution is -0.00786. The molecule has 0 spiro atoms. The fourth-order valence-corrected chi connectivity index (χ4v) is 0.948. The van der Waals surface area contributed by atoms with Gasteiger partial charge in [0, 0.05) is 13.5 Å². The third-order valence-electron chi connectivity index (χ3n) is 2.10. The van der Waals surface area contributed by atoms with E-state index < -0.39 is 5.60 Å². The van der Waals surface area contributed by atoms with Crippen LogP contribution in [0.25, 0.3) is 0 Å². The molecule has 0 aromatic carbocycles. The molecule has 1 aromatic heterocycles. The average Bonchev–Trinajstić information content (AvgIpc) is 2.63. The van der Waals surface area contributed by atoms with Crippen molar-refractivity contribution in [3.05, 3.63) is 11.7 Å². The number of nitrogens with zero attached hydrogens (tertiary/aromatic N) is 2. The smallest absolute Gasteiger partial charge is 0.258 e. The molecule has 1 rings (SSSR count). The van der Waals surface area contributed by atoms with Crippen LogP contribution in [0.5, 0.6) is 0 Å². The maximum atomic E-state index is 5.38. The molecule has 0 bridgehead atoms. The van der Waals surface area contributed by atoms with E-state index in [2.05, 4.69) is 10.1 Å². The molecule has 5 nitrogen and oxygen atoms in total. The first-order valence-electron chi connectivity index (χ1n) is 4.68. The Morgan fingerprint density at radius 1 is 1.50 bits per heavy atom. The molecule has 1 heterocycles. The number of hydrogen-bond acceptors (Lipinski definition) is 5.